The first-order valence-corrected chi connectivity index (χ1v) is 38.6. The molecule has 0 fully saturated rings. The average molecular weight is 1550 g/mol. The minimum Gasteiger partial charge on any atom is -0.460 e. The fourth-order valence-electron chi connectivity index (χ4n) is 12.0. The number of amides is 3. The van der Waals surface area contributed by atoms with Crippen molar-refractivity contribution < 1.29 is 105 Å². The van der Waals surface area contributed by atoms with E-state index in [4.69, 9.17) is 42.6 Å². The summed E-state index contributed by atoms with van der Waals surface area (Å²) in [5.74, 6) is -8.41. The molecule has 3 N–H and O–H groups in total. The first-order valence-electron chi connectivity index (χ1n) is 38.6. The largest absolute Gasteiger partial charge is 0.460 e. The van der Waals surface area contributed by atoms with Crippen LogP contribution in [-0.4, -0.2) is 151 Å². The molecule has 0 saturated carbocycles. The van der Waals surface area contributed by atoms with Gasteiger partial charge < -0.3 is 58.6 Å². The van der Waals surface area contributed by atoms with E-state index in [1.807, 2.05) is 0 Å². The molecule has 28 nitrogen and oxygen atoms in total. The highest BCUT2D eigenvalue weighted by Gasteiger charge is 2.43. The fraction of sp³-hybridized carbons (Fsp3) is 0.840. The van der Waals surface area contributed by atoms with Crippen LogP contribution in [0.3, 0.4) is 0 Å². The van der Waals surface area contributed by atoms with Crippen LogP contribution in [0.15, 0.2) is 5.11 Å². The van der Waals surface area contributed by atoms with Crippen molar-refractivity contribution in [2.75, 3.05) is 6.54 Å². The number of rotatable bonds is 45. The number of hydrogen-bond donors (Lipinski definition) is 3. The number of carbonyl (C=O) groups is 13. The van der Waals surface area contributed by atoms with E-state index in [1.54, 1.807) is 187 Å². The molecule has 28 heteroatoms. The molecule has 0 bridgehead atoms. The quantitative estimate of drug-likeness (QED) is 0.0127. The maximum absolute atomic E-state index is 15.5. The normalized spacial score (nSPS) is 12.9. The molecule has 0 aliphatic heterocycles. The van der Waals surface area contributed by atoms with E-state index in [9.17, 15) is 53.5 Å². The Morgan fingerprint density at radius 3 is 0.624 bits per heavy atom. The highest BCUT2D eigenvalue weighted by Crippen LogP contribution is 2.42. The van der Waals surface area contributed by atoms with Gasteiger partial charge in [-0.2, -0.15) is 0 Å². The summed E-state index contributed by atoms with van der Waals surface area (Å²) in [6, 6.07) is 0. The highest BCUT2D eigenvalue weighted by atomic mass is 16.6. The van der Waals surface area contributed by atoms with E-state index in [0.29, 0.717) is 0 Å². The molecule has 0 aromatic rings. The second-order valence-corrected chi connectivity index (χ2v) is 38.0. The molecule has 0 aromatic carbocycles. The third-order valence-corrected chi connectivity index (χ3v) is 16.3. The van der Waals surface area contributed by atoms with Crippen LogP contribution in [-0.2, 0) is 105 Å². The van der Waals surface area contributed by atoms with Crippen LogP contribution in [0.25, 0.3) is 10.4 Å². The standard InChI is InChI=1S/C81H140N6O22/c1-69(2,3)101-60(92)33-42-78(43-34-61(93)102-70(4,5)6,44-35-62(94)103-71(7,8)9)55-56(88)30-45-79(84-57(89)29-28-54-83-87-82,46-31-58(90)85-80(48-36-63(95)104-72(10,11)12,49-37-64(96)105-73(13,14)15)50-38-65(97)106-74(16,17)18)47-32-59(91)86-81(51-39-66(98)107-75(19,20)21,52-40-67(99)108-76(22,23)24)53-41-68(100)109-77(25,26)27/h28-55H2,1-27H3,(H,84,89)(H,85,90)(H,86,91). The van der Waals surface area contributed by atoms with Crippen LogP contribution in [0.4, 0.5) is 0 Å². The van der Waals surface area contributed by atoms with Crippen LogP contribution in [0.2, 0.25) is 0 Å². The number of Topliss-reactive ketones (excluding diaryl/α,β-unsaturated/α-hetero) is 1. The van der Waals surface area contributed by atoms with Crippen molar-refractivity contribution in [2.24, 2.45) is 10.5 Å². The average Bonchev–Trinajstić information content (AvgIpc) is 0.822. The lowest BCUT2D eigenvalue weighted by Crippen LogP contribution is -2.53. The summed E-state index contributed by atoms with van der Waals surface area (Å²) < 4.78 is 51.5. The number of nitrogens with one attached hydrogen (secondary N) is 3. The van der Waals surface area contributed by atoms with E-state index in [-0.39, 0.29) is 161 Å². The summed E-state index contributed by atoms with van der Waals surface area (Å²) in [5, 5.41) is 12.8. The van der Waals surface area contributed by atoms with Crippen molar-refractivity contribution in [2.45, 2.75) is 427 Å². The summed E-state index contributed by atoms with van der Waals surface area (Å²) in [5.41, 5.74) is -5.32. The molecule has 0 spiro atoms. The topological polar surface area (TPSA) is 390 Å². The van der Waals surface area contributed by atoms with Crippen molar-refractivity contribution in [1.82, 2.24) is 16.0 Å². The molecule has 109 heavy (non-hydrogen) atoms. The predicted octanol–water partition coefficient (Wildman–Crippen LogP) is 15.0. The van der Waals surface area contributed by atoms with Crippen molar-refractivity contribution in [3.8, 4) is 0 Å². The Balaban J connectivity index is 9.23. The molecule has 0 atom stereocenters. The molecule has 0 aliphatic carbocycles. The smallest absolute Gasteiger partial charge is 0.306 e. The molecule has 0 heterocycles. The lowest BCUT2D eigenvalue weighted by Gasteiger charge is -2.39. The van der Waals surface area contributed by atoms with Gasteiger partial charge in [0.05, 0.1) is 0 Å². The van der Waals surface area contributed by atoms with Gasteiger partial charge in [-0.3, -0.25) is 62.3 Å². The maximum atomic E-state index is 15.5. The molecule has 0 rings (SSSR count). The Bertz CT molecular complexity index is 2560. The second-order valence-electron chi connectivity index (χ2n) is 38.0. The van der Waals surface area contributed by atoms with Crippen LogP contribution in [0.5, 0.6) is 0 Å². The fourth-order valence-corrected chi connectivity index (χ4v) is 12.0. The number of ether oxygens (including phenoxy) is 9. The molecule has 3 amide bonds. The van der Waals surface area contributed by atoms with Crippen molar-refractivity contribution >= 4 is 77.2 Å². The molecular formula is C81H140N6O22. The lowest BCUT2D eigenvalue weighted by molar-refractivity contribution is -0.159. The monoisotopic (exact) mass is 1550 g/mol. The molecule has 0 radical (unpaired) electrons. The van der Waals surface area contributed by atoms with Gasteiger partial charge in [0.1, 0.15) is 56.2 Å². The van der Waals surface area contributed by atoms with E-state index in [1.165, 1.54) is 0 Å². The van der Waals surface area contributed by atoms with E-state index < -0.39 is 169 Å². The van der Waals surface area contributed by atoms with Crippen molar-refractivity contribution in [1.29, 1.82) is 0 Å². The zero-order chi connectivity index (χ0) is 84.7. The van der Waals surface area contributed by atoms with Crippen LogP contribution < -0.4 is 16.0 Å². The number of carbonyl (C=O) groups excluding carboxylic acids is 13. The third-order valence-electron chi connectivity index (χ3n) is 16.3. The predicted molar refractivity (Wildman–Crippen MR) is 411 cm³/mol. The van der Waals surface area contributed by atoms with Gasteiger partial charge in [0, 0.05) is 118 Å². The summed E-state index contributed by atoms with van der Waals surface area (Å²) in [4.78, 5) is 187. The summed E-state index contributed by atoms with van der Waals surface area (Å²) in [6.07, 6.45) is -6.96. The van der Waals surface area contributed by atoms with Gasteiger partial charge in [-0.1, -0.05) is 5.11 Å². The molecule has 0 unspecified atom stereocenters. The van der Waals surface area contributed by atoms with E-state index in [0.717, 1.165) is 0 Å². The van der Waals surface area contributed by atoms with E-state index >= 15 is 14.4 Å². The van der Waals surface area contributed by atoms with Gasteiger partial charge in [0.25, 0.3) is 0 Å². The lowest BCUT2D eigenvalue weighted by atomic mass is 9.70. The van der Waals surface area contributed by atoms with Gasteiger partial charge in [-0.15, -0.1) is 0 Å². The Labute approximate surface area is 650 Å². The second kappa shape index (κ2) is 43.4. The highest BCUT2D eigenvalue weighted by molar-refractivity contribution is 5.83. The Kier molecular flexibility index (Phi) is 40.5. The number of ketones is 1. The van der Waals surface area contributed by atoms with Crippen molar-refractivity contribution in [3.05, 3.63) is 10.4 Å². The third kappa shape index (κ3) is 53.2. The summed E-state index contributed by atoms with van der Waals surface area (Å²) in [7, 11) is 0. The van der Waals surface area contributed by atoms with Gasteiger partial charge in [-0.25, -0.2) is 0 Å². The maximum Gasteiger partial charge on any atom is 0.306 e. The number of hydrogen-bond acceptors (Lipinski definition) is 23. The zero-order valence-corrected chi connectivity index (χ0v) is 71.6. The minimum absolute atomic E-state index is 0.0201. The Hall–Kier alpha value is -7.38. The minimum atomic E-state index is -1.76. The number of nitrogens with zero attached hydrogens (tertiary/aromatic N) is 3. The van der Waals surface area contributed by atoms with Crippen LogP contribution in [0.1, 0.15) is 360 Å². The summed E-state index contributed by atoms with van der Waals surface area (Å²) in [6.45, 7) is 45.3. The molecule has 0 saturated heterocycles. The van der Waals surface area contributed by atoms with E-state index in [2.05, 4.69) is 26.0 Å². The van der Waals surface area contributed by atoms with Gasteiger partial charge in [0.2, 0.25) is 17.7 Å². The zero-order valence-electron chi connectivity index (χ0n) is 71.6. The number of esters is 9. The Morgan fingerprint density at radius 2 is 0.431 bits per heavy atom. The molecule has 626 valence electrons. The van der Waals surface area contributed by atoms with Crippen LogP contribution >= 0.6 is 0 Å². The summed E-state index contributed by atoms with van der Waals surface area (Å²) >= 11 is 0. The molecule has 0 aromatic heterocycles. The molecule has 0 aliphatic rings. The van der Waals surface area contributed by atoms with Crippen LogP contribution in [0, 0.1) is 5.41 Å². The van der Waals surface area contributed by atoms with Gasteiger partial charge >= 0.3 is 53.7 Å². The van der Waals surface area contributed by atoms with Crippen molar-refractivity contribution in [3.63, 3.8) is 0 Å². The van der Waals surface area contributed by atoms with Gasteiger partial charge in [-0.05, 0) is 281 Å². The molecular weight excluding hydrogens is 1410 g/mol. The Morgan fingerprint density at radius 1 is 0.257 bits per heavy atom. The first-order chi connectivity index (χ1) is 49.2. The number of azide groups is 1. The van der Waals surface area contributed by atoms with Gasteiger partial charge in [0.15, 0.2) is 0 Å². The SMILES string of the molecule is CC(C)(C)OC(=O)CCC(CCC(=O)OC(C)(C)C)(CCC(=O)OC(C)(C)C)CC(=O)CCC(CCC(=O)NC(CCC(=O)OC(C)(C)C)(CCC(=O)OC(C)(C)C)CCC(=O)OC(C)(C)C)(CCC(=O)NC(CCC(=O)OC(C)(C)C)(CCC(=O)OC(C)(C)C)CCC(=O)OC(C)(C)C)NC(=O)CCCN=[N+]=[N-]. The first kappa shape index (κ1) is 102.